The number of likely N-dealkylation sites (tertiary alicyclic amines) is 1. The van der Waals surface area contributed by atoms with Gasteiger partial charge in [0.25, 0.3) is 0 Å². The molecule has 1 unspecified atom stereocenters. The van der Waals surface area contributed by atoms with E-state index < -0.39 is 0 Å². The van der Waals surface area contributed by atoms with Crippen molar-refractivity contribution in [2.45, 2.75) is 38.2 Å². The van der Waals surface area contributed by atoms with Crippen molar-refractivity contribution in [2.24, 2.45) is 0 Å². The summed E-state index contributed by atoms with van der Waals surface area (Å²) in [5.74, 6) is 0.900. The summed E-state index contributed by atoms with van der Waals surface area (Å²) in [5.41, 5.74) is 7.44. The Labute approximate surface area is 203 Å². The van der Waals surface area contributed by atoms with E-state index in [1.807, 2.05) is 12.4 Å². The van der Waals surface area contributed by atoms with E-state index >= 15 is 0 Å². The van der Waals surface area contributed by atoms with Gasteiger partial charge in [0.2, 0.25) is 0 Å². The zero-order chi connectivity index (χ0) is 22.6. The SMILES string of the molecule is FCCCN1CCC(Oc2ccc(C3=C(Br)CCCc4cc(-c5cn[nH]c5)ccc43)cc2)C1. The number of nitrogens with zero attached hydrogens (tertiary/aromatic N) is 2. The van der Waals surface area contributed by atoms with Gasteiger partial charge in [-0.3, -0.25) is 14.4 Å². The fourth-order valence-corrected chi connectivity index (χ4v) is 5.65. The van der Waals surface area contributed by atoms with E-state index in [4.69, 9.17) is 4.74 Å². The van der Waals surface area contributed by atoms with Gasteiger partial charge in [-0.2, -0.15) is 5.10 Å². The molecular formula is C27H29BrFN3O. The first-order valence-electron chi connectivity index (χ1n) is 11.8. The molecule has 2 heterocycles. The standard InChI is InChI=1S/C27H29BrFN3O/c28-26-4-1-3-21-15-20(22-16-30-31-17-22)7-10-25(21)27(26)19-5-8-23(9-6-19)33-24-11-14-32(18-24)13-2-12-29/h5-10,15-17,24H,1-4,11-14,18H2,(H,30,31). The van der Waals surface area contributed by atoms with Crippen LogP contribution in [0.2, 0.25) is 0 Å². The van der Waals surface area contributed by atoms with Gasteiger partial charge in [-0.15, -0.1) is 0 Å². The third-order valence-corrected chi connectivity index (χ3v) is 7.40. The summed E-state index contributed by atoms with van der Waals surface area (Å²) < 4.78 is 19.9. The number of hydrogen-bond acceptors (Lipinski definition) is 3. The quantitative estimate of drug-likeness (QED) is 0.401. The van der Waals surface area contributed by atoms with Crippen molar-refractivity contribution in [3.05, 3.63) is 76.0 Å². The maximum Gasteiger partial charge on any atom is 0.119 e. The lowest BCUT2D eigenvalue weighted by Gasteiger charge is -2.17. The van der Waals surface area contributed by atoms with Crippen LogP contribution in [-0.4, -0.2) is 47.5 Å². The molecule has 1 aliphatic carbocycles. The Morgan fingerprint density at radius 1 is 1.09 bits per heavy atom. The molecule has 0 bridgehead atoms. The third kappa shape index (κ3) is 5.07. The van der Waals surface area contributed by atoms with Crippen LogP contribution in [0.5, 0.6) is 5.75 Å². The van der Waals surface area contributed by atoms with Crippen LogP contribution in [0, 0.1) is 0 Å². The average Bonchev–Trinajstić information content (AvgIpc) is 3.49. The number of aryl methyl sites for hydroxylation is 1. The molecule has 0 spiro atoms. The minimum Gasteiger partial charge on any atom is -0.489 e. The molecule has 1 aromatic heterocycles. The minimum absolute atomic E-state index is 0.182. The van der Waals surface area contributed by atoms with E-state index in [9.17, 15) is 4.39 Å². The fourth-order valence-electron chi connectivity index (χ4n) is 4.92. The normalized spacial score (nSPS) is 18.9. The first-order chi connectivity index (χ1) is 16.2. The summed E-state index contributed by atoms with van der Waals surface area (Å²) in [5, 5.41) is 7.00. The second-order valence-corrected chi connectivity index (χ2v) is 9.85. The number of aromatic nitrogens is 2. The van der Waals surface area contributed by atoms with Crippen LogP contribution in [0.1, 0.15) is 42.4 Å². The second-order valence-electron chi connectivity index (χ2n) is 8.89. The molecule has 1 N–H and O–H groups in total. The summed E-state index contributed by atoms with van der Waals surface area (Å²) >= 11 is 3.89. The largest absolute Gasteiger partial charge is 0.489 e. The van der Waals surface area contributed by atoms with Gasteiger partial charge >= 0.3 is 0 Å². The maximum absolute atomic E-state index is 12.4. The highest BCUT2D eigenvalue weighted by Gasteiger charge is 2.24. The molecule has 1 fully saturated rings. The Morgan fingerprint density at radius 3 is 2.73 bits per heavy atom. The highest BCUT2D eigenvalue weighted by Crippen LogP contribution is 2.39. The van der Waals surface area contributed by atoms with Crippen molar-refractivity contribution in [3.8, 4) is 16.9 Å². The summed E-state index contributed by atoms with van der Waals surface area (Å²) in [6.45, 7) is 2.44. The Bertz CT molecular complexity index is 1110. The lowest BCUT2D eigenvalue weighted by Crippen LogP contribution is -2.26. The van der Waals surface area contributed by atoms with Crippen molar-refractivity contribution < 1.29 is 9.13 Å². The molecule has 1 saturated heterocycles. The average molecular weight is 510 g/mol. The number of fused-ring (bicyclic) bond motifs is 1. The number of ether oxygens (including phenoxy) is 1. The van der Waals surface area contributed by atoms with Gasteiger partial charge in [-0.1, -0.05) is 46.3 Å². The lowest BCUT2D eigenvalue weighted by atomic mass is 9.91. The van der Waals surface area contributed by atoms with Gasteiger partial charge in [0.1, 0.15) is 11.9 Å². The molecule has 172 valence electrons. The van der Waals surface area contributed by atoms with E-state index in [2.05, 4.69) is 73.5 Å². The number of alkyl halides is 1. The molecule has 5 rings (SSSR count). The molecule has 1 aliphatic heterocycles. The van der Waals surface area contributed by atoms with Crippen LogP contribution in [0.4, 0.5) is 4.39 Å². The third-order valence-electron chi connectivity index (χ3n) is 6.60. The van der Waals surface area contributed by atoms with Crippen LogP contribution < -0.4 is 4.74 Å². The number of allylic oxidation sites excluding steroid dienone is 1. The zero-order valence-electron chi connectivity index (χ0n) is 18.7. The van der Waals surface area contributed by atoms with Gasteiger partial charge in [-0.05, 0) is 72.1 Å². The van der Waals surface area contributed by atoms with E-state index in [1.165, 1.54) is 32.3 Å². The molecular weight excluding hydrogens is 481 g/mol. The van der Waals surface area contributed by atoms with Crippen LogP contribution in [0.3, 0.4) is 0 Å². The maximum atomic E-state index is 12.4. The molecule has 33 heavy (non-hydrogen) atoms. The Morgan fingerprint density at radius 2 is 1.94 bits per heavy atom. The first kappa shape index (κ1) is 22.4. The zero-order valence-corrected chi connectivity index (χ0v) is 20.3. The molecule has 0 radical (unpaired) electrons. The molecule has 3 aromatic rings. The Balaban J connectivity index is 1.35. The van der Waals surface area contributed by atoms with Crippen molar-refractivity contribution in [2.75, 3.05) is 26.3 Å². The van der Waals surface area contributed by atoms with E-state index in [0.29, 0.717) is 6.42 Å². The Hall–Kier alpha value is -2.44. The first-order valence-corrected chi connectivity index (χ1v) is 12.6. The number of halogens is 2. The monoisotopic (exact) mass is 509 g/mol. The molecule has 2 aliphatic rings. The number of aromatic amines is 1. The van der Waals surface area contributed by atoms with Crippen LogP contribution in [0.25, 0.3) is 16.7 Å². The van der Waals surface area contributed by atoms with Crippen LogP contribution >= 0.6 is 15.9 Å². The van der Waals surface area contributed by atoms with Crippen LogP contribution in [0.15, 0.2) is 59.3 Å². The predicted molar refractivity (Wildman–Crippen MR) is 134 cm³/mol. The van der Waals surface area contributed by atoms with Crippen molar-refractivity contribution in [3.63, 3.8) is 0 Å². The Kier molecular flexibility index (Phi) is 6.93. The minimum atomic E-state index is -0.247. The molecule has 0 saturated carbocycles. The lowest BCUT2D eigenvalue weighted by molar-refractivity contribution is 0.198. The van der Waals surface area contributed by atoms with Gasteiger partial charge in [0.05, 0.1) is 12.9 Å². The number of rotatable bonds is 7. The number of H-pyrrole nitrogens is 1. The summed E-state index contributed by atoms with van der Waals surface area (Å²) in [4.78, 5) is 2.29. The van der Waals surface area contributed by atoms with E-state index in [0.717, 1.165) is 56.6 Å². The summed E-state index contributed by atoms with van der Waals surface area (Å²) in [6, 6.07) is 15.2. The number of hydrogen-bond donors (Lipinski definition) is 1. The van der Waals surface area contributed by atoms with Crippen molar-refractivity contribution >= 4 is 21.5 Å². The topological polar surface area (TPSA) is 41.1 Å². The molecule has 0 amide bonds. The molecule has 4 nitrogen and oxygen atoms in total. The number of nitrogens with one attached hydrogen (secondary N) is 1. The van der Waals surface area contributed by atoms with Crippen molar-refractivity contribution in [1.82, 2.24) is 15.1 Å². The van der Waals surface area contributed by atoms with Gasteiger partial charge in [-0.25, -0.2) is 0 Å². The van der Waals surface area contributed by atoms with Crippen molar-refractivity contribution in [1.29, 1.82) is 0 Å². The summed E-state index contributed by atoms with van der Waals surface area (Å²) in [7, 11) is 0. The molecule has 6 heteroatoms. The summed E-state index contributed by atoms with van der Waals surface area (Å²) in [6.07, 6.45) is 8.80. The highest BCUT2D eigenvalue weighted by atomic mass is 79.9. The smallest absolute Gasteiger partial charge is 0.119 e. The fraction of sp³-hybridized carbons (Fsp3) is 0.370. The van der Waals surface area contributed by atoms with Gasteiger partial charge in [0, 0.05) is 35.9 Å². The number of benzene rings is 2. The second kappa shape index (κ2) is 10.2. The van der Waals surface area contributed by atoms with Gasteiger partial charge < -0.3 is 4.74 Å². The van der Waals surface area contributed by atoms with Crippen LogP contribution in [-0.2, 0) is 6.42 Å². The van der Waals surface area contributed by atoms with E-state index in [1.54, 1.807) is 0 Å². The molecule has 1 atom stereocenters. The predicted octanol–water partition coefficient (Wildman–Crippen LogP) is 6.38. The highest BCUT2D eigenvalue weighted by molar-refractivity contribution is 9.11. The van der Waals surface area contributed by atoms with Gasteiger partial charge in [0.15, 0.2) is 0 Å². The molecule has 2 aromatic carbocycles. The van der Waals surface area contributed by atoms with E-state index in [-0.39, 0.29) is 12.8 Å².